The first-order valence-corrected chi connectivity index (χ1v) is 7.08. The van der Waals surface area contributed by atoms with Gasteiger partial charge in [0, 0.05) is 41.5 Å². The molecule has 0 amide bonds. The van der Waals surface area contributed by atoms with Gasteiger partial charge < -0.3 is 5.32 Å². The fourth-order valence-corrected chi connectivity index (χ4v) is 2.37. The summed E-state index contributed by atoms with van der Waals surface area (Å²) in [7, 11) is -0.914. The van der Waals surface area contributed by atoms with Crippen molar-refractivity contribution in [1.82, 2.24) is 5.32 Å². The number of benzene rings is 1. The smallest absolute Gasteiger partial charge is 0.272 e. The molecule has 0 saturated carbocycles. The fraction of sp³-hybridized carbons (Fsp3) is 0.455. The fourth-order valence-electron chi connectivity index (χ4n) is 1.54. The Hall–Kier alpha value is -1.34. The zero-order valence-electron chi connectivity index (χ0n) is 10.2. The standard InChI is InChI=1S/C11H15FN2O3S/c1-8(7-18(2)17)13-6-9-3-10(12)5-11(4-9)14(15)16/h3-5,8,13H,6-7H2,1-2H3. The number of nitro groups is 1. The number of hydrogen-bond donors (Lipinski definition) is 1. The molecule has 2 atom stereocenters. The predicted molar refractivity (Wildman–Crippen MR) is 68.3 cm³/mol. The lowest BCUT2D eigenvalue weighted by Crippen LogP contribution is -2.30. The number of nitrogens with zero attached hydrogens (tertiary/aromatic N) is 1. The van der Waals surface area contributed by atoms with Gasteiger partial charge >= 0.3 is 0 Å². The second kappa shape index (κ2) is 6.55. The van der Waals surface area contributed by atoms with Crippen molar-refractivity contribution in [3.63, 3.8) is 0 Å². The van der Waals surface area contributed by atoms with Gasteiger partial charge in [-0.3, -0.25) is 14.3 Å². The summed E-state index contributed by atoms with van der Waals surface area (Å²) >= 11 is 0. The molecule has 1 N–H and O–H groups in total. The number of rotatable bonds is 6. The van der Waals surface area contributed by atoms with Crippen LogP contribution in [0.3, 0.4) is 0 Å². The summed E-state index contributed by atoms with van der Waals surface area (Å²) in [5, 5.41) is 13.6. The molecule has 1 rings (SSSR count). The van der Waals surface area contributed by atoms with Crippen molar-refractivity contribution in [2.24, 2.45) is 0 Å². The average Bonchev–Trinajstić information content (AvgIpc) is 2.24. The van der Waals surface area contributed by atoms with Gasteiger partial charge in [0.25, 0.3) is 5.69 Å². The van der Waals surface area contributed by atoms with E-state index in [0.29, 0.717) is 17.9 Å². The van der Waals surface area contributed by atoms with Gasteiger partial charge in [0.2, 0.25) is 0 Å². The lowest BCUT2D eigenvalue weighted by molar-refractivity contribution is -0.385. The molecule has 1 aromatic carbocycles. The quantitative estimate of drug-likeness (QED) is 0.631. The highest BCUT2D eigenvalue weighted by atomic mass is 32.2. The molecular formula is C11H15FN2O3S. The summed E-state index contributed by atoms with van der Waals surface area (Å²) in [5.74, 6) is -0.148. The van der Waals surface area contributed by atoms with E-state index in [2.05, 4.69) is 5.32 Å². The van der Waals surface area contributed by atoms with Gasteiger partial charge in [-0.05, 0) is 18.6 Å². The first-order valence-electron chi connectivity index (χ1n) is 5.35. The maximum Gasteiger partial charge on any atom is 0.272 e. The van der Waals surface area contributed by atoms with Crippen LogP contribution in [0.1, 0.15) is 12.5 Å². The van der Waals surface area contributed by atoms with E-state index in [0.717, 1.165) is 6.07 Å². The van der Waals surface area contributed by atoms with Crippen LogP contribution in [0.5, 0.6) is 0 Å². The van der Waals surface area contributed by atoms with Crippen LogP contribution < -0.4 is 5.32 Å². The third-order valence-electron chi connectivity index (χ3n) is 2.29. The Bertz CT molecular complexity index is 468. The molecule has 0 aliphatic carbocycles. The lowest BCUT2D eigenvalue weighted by atomic mass is 10.2. The minimum absolute atomic E-state index is 0.00171. The highest BCUT2D eigenvalue weighted by molar-refractivity contribution is 7.84. The maximum absolute atomic E-state index is 13.1. The molecule has 5 nitrogen and oxygen atoms in total. The molecule has 7 heteroatoms. The van der Waals surface area contributed by atoms with Crippen LogP contribution in [0.4, 0.5) is 10.1 Å². The monoisotopic (exact) mass is 274 g/mol. The van der Waals surface area contributed by atoms with Gasteiger partial charge in [-0.1, -0.05) is 0 Å². The molecule has 1 aromatic rings. The van der Waals surface area contributed by atoms with E-state index in [1.807, 2.05) is 6.92 Å². The van der Waals surface area contributed by atoms with Gasteiger partial charge in [0.1, 0.15) is 5.82 Å². The van der Waals surface area contributed by atoms with Crippen molar-refractivity contribution >= 4 is 16.5 Å². The molecular weight excluding hydrogens is 259 g/mol. The molecule has 0 bridgehead atoms. The Morgan fingerprint density at radius 3 is 2.72 bits per heavy atom. The topological polar surface area (TPSA) is 72.2 Å². The summed E-state index contributed by atoms with van der Waals surface area (Å²) < 4.78 is 24.1. The summed E-state index contributed by atoms with van der Waals surface area (Å²) in [4.78, 5) is 9.94. The van der Waals surface area contributed by atoms with E-state index in [1.165, 1.54) is 12.1 Å². The first kappa shape index (κ1) is 14.7. The van der Waals surface area contributed by atoms with E-state index in [9.17, 15) is 18.7 Å². The molecule has 2 unspecified atom stereocenters. The lowest BCUT2D eigenvalue weighted by Gasteiger charge is -2.12. The predicted octanol–water partition coefficient (Wildman–Crippen LogP) is 1.59. The van der Waals surface area contributed by atoms with E-state index in [4.69, 9.17) is 0 Å². The third kappa shape index (κ3) is 4.89. The second-order valence-electron chi connectivity index (χ2n) is 4.10. The number of non-ortho nitro benzene ring substituents is 1. The molecule has 0 aliphatic rings. The van der Waals surface area contributed by atoms with Crippen LogP contribution in [0, 0.1) is 15.9 Å². The number of halogens is 1. The van der Waals surface area contributed by atoms with Crippen LogP contribution in [0.2, 0.25) is 0 Å². The molecule has 0 aromatic heterocycles. The van der Waals surface area contributed by atoms with Crippen molar-refractivity contribution < 1.29 is 13.5 Å². The second-order valence-corrected chi connectivity index (χ2v) is 5.58. The molecule has 100 valence electrons. The van der Waals surface area contributed by atoms with Crippen molar-refractivity contribution in [3.8, 4) is 0 Å². The van der Waals surface area contributed by atoms with E-state index < -0.39 is 21.5 Å². The highest BCUT2D eigenvalue weighted by Gasteiger charge is 2.10. The zero-order chi connectivity index (χ0) is 13.7. The molecule has 0 aliphatic heterocycles. The molecule has 0 spiro atoms. The Kier molecular flexibility index (Phi) is 5.36. The minimum Gasteiger partial charge on any atom is -0.309 e. The van der Waals surface area contributed by atoms with Crippen LogP contribution in [-0.2, 0) is 17.3 Å². The van der Waals surface area contributed by atoms with Crippen LogP contribution in [0.15, 0.2) is 18.2 Å². The Balaban J connectivity index is 2.67. The van der Waals surface area contributed by atoms with Gasteiger partial charge in [-0.15, -0.1) is 0 Å². The normalized spacial score (nSPS) is 14.2. The van der Waals surface area contributed by atoms with Crippen LogP contribution in [0.25, 0.3) is 0 Å². The third-order valence-corrected chi connectivity index (χ3v) is 3.26. The van der Waals surface area contributed by atoms with Gasteiger partial charge in [-0.25, -0.2) is 4.39 Å². The maximum atomic E-state index is 13.1. The first-order chi connectivity index (χ1) is 8.38. The van der Waals surface area contributed by atoms with Crippen molar-refractivity contribution in [3.05, 3.63) is 39.7 Å². The van der Waals surface area contributed by atoms with Crippen LogP contribution >= 0.6 is 0 Å². The van der Waals surface area contributed by atoms with E-state index in [1.54, 1.807) is 6.26 Å². The van der Waals surface area contributed by atoms with E-state index >= 15 is 0 Å². The van der Waals surface area contributed by atoms with Crippen molar-refractivity contribution in [2.45, 2.75) is 19.5 Å². The van der Waals surface area contributed by atoms with Crippen LogP contribution in [-0.4, -0.2) is 27.2 Å². The summed E-state index contributed by atoms with van der Waals surface area (Å²) in [6.07, 6.45) is 1.60. The Morgan fingerprint density at radius 1 is 1.50 bits per heavy atom. The Morgan fingerprint density at radius 2 is 2.17 bits per heavy atom. The number of nitro benzene ring substituents is 1. The number of hydrogen-bond acceptors (Lipinski definition) is 4. The summed E-state index contributed by atoms with van der Waals surface area (Å²) in [5.41, 5.74) is 0.231. The zero-order valence-corrected chi connectivity index (χ0v) is 11.0. The number of nitrogens with one attached hydrogen (secondary N) is 1. The molecule has 18 heavy (non-hydrogen) atoms. The summed E-state index contributed by atoms with van der Waals surface area (Å²) in [6.45, 7) is 2.16. The van der Waals surface area contributed by atoms with Gasteiger partial charge in [0.05, 0.1) is 11.0 Å². The Labute approximate surface area is 107 Å². The van der Waals surface area contributed by atoms with E-state index in [-0.39, 0.29) is 11.7 Å². The molecule has 0 radical (unpaired) electrons. The summed E-state index contributed by atoms with van der Waals surface area (Å²) in [6, 6.07) is 3.45. The van der Waals surface area contributed by atoms with Gasteiger partial charge in [-0.2, -0.15) is 0 Å². The SMILES string of the molecule is CC(CS(C)=O)NCc1cc(F)cc([N+](=O)[O-])c1. The van der Waals surface area contributed by atoms with Gasteiger partial charge in [0.15, 0.2) is 0 Å². The largest absolute Gasteiger partial charge is 0.309 e. The molecule has 0 saturated heterocycles. The van der Waals surface area contributed by atoms with Crippen molar-refractivity contribution in [1.29, 1.82) is 0 Å². The van der Waals surface area contributed by atoms with Crippen molar-refractivity contribution in [2.75, 3.05) is 12.0 Å². The average molecular weight is 274 g/mol. The highest BCUT2D eigenvalue weighted by Crippen LogP contribution is 2.16. The minimum atomic E-state index is -0.914. The molecule has 0 heterocycles. The molecule has 0 fully saturated rings.